The number of phenolic OH excluding ortho intramolecular Hbond substituents is 1. The highest BCUT2D eigenvalue weighted by molar-refractivity contribution is 6.33. The van der Waals surface area contributed by atoms with Gasteiger partial charge in [-0.2, -0.15) is 0 Å². The van der Waals surface area contributed by atoms with E-state index in [-0.39, 0.29) is 21.9 Å². The van der Waals surface area contributed by atoms with Crippen molar-refractivity contribution >= 4 is 29.2 Å². The molecule has 2 aromatic carbocycles. The van der Waals surface area contributed by atoms with Gasteiger partial charge in [-0.05, 0) is 60.8 Å². The Bertz CT molecular complexity index is 910. The fourth-order valence-electron chi connectivity index (χ4n) is 3.03. The van der Waals surface area contributed by atoms with Gasteiger partial charge in [0.1, 0.15) is 11.4 Å². The lowest BCUT2D eigenvalue weighted by Crippen LogP contribution is -2.07. The zero-order chi connectivity index (χ0) is 20.3. The number of hydrogen-bond donors (Lipinski definition) is 1. The molecule has 0 aliphatic carbocycles. The van der Waals surface area contributed by atoms with Crippen molar-refractivity contribution in [3.05, 3.63) is 55.6 Å². The molecule has 27 heavy (non-hydrogen) atoms. The second-order valence-electron chi connectivity index (χ2n) is 6.61. The largest absolute Gasteiger partial charge is 0.867 e. The number of aromatic hydroxyl groups is 1. The van der Waals surface area contributed by atoms with Crippen LogP contribution in [0.25, 0.3) is 0 Å². The summed E-state index contributed by atoms with van der Waals surface area (Å²) < 4.78 is 0. The third-order valence-electron chi connectivity index (χ3n) is 4.68. The Hall–Kier alpha value is -2.60. The van der Waals surface area contributed by atoms with E-state index in [9.17, 15) is 20.3 Å². The molecule has 0 saturated heterocycles. The number of halogens is 1. The Balaban J connectivity index is 2.53. The number of aliphatic imine (C=N–C) groups is 1. The predicted molar refractivity (Wildman–Crippen MR) is 106 cm³/mol. The first-order valence-electron chi connectivity index (χ1n) is 8.70. The smallest absolute Gasteiger partial charge is 0.266 e. The van der Waals surface area contributed by atoms with E-state index in [2.05, 4.69) is 18.8 Å². The van der Waals surface area contributed by atoms with Crippen LogP contribution in [0, 0.1) is 24.0 Å². The molecule has 0 aliphatic heterocycles. The summed E-state index contributed by atoms with van der Waals surface area (Å²) >= 11 is 6.16. The van der Waals surface area contributed by atoms with Gasteiger partial charge >= 0.3 is 0 Å². The molecule has 0 saturated carbocycles. The second kappa shape index (κ2) is 8.39. The molecule has 1 atom stereocenters. The molecule has 2 rings (SSSR count). The van der Waals surface area contributed by atoms with Crippen molar-refractivity contribution in [1.82, 2.24) is 0 Å². The molecular formula is C20H22ClN2O4-. The summed E-state index contributed by atoms with van der Waals surface area (Å²) in [6.07, 6.45) is 3.27. The van der Waals surface area contributed by atoms with Crippen molar-refractivity contribution < 1.29 is 15.1 Å². The summed E-state index contributed by atoms with van der Waals surface area (Å²) in [4.78, 5) is 14.7. The van der Waals surface area contributed by atoms with Crippen LogP contribution in [0.15, 0.2) is 23.2 Å². The van der Waals surface area contributed by atoms with E-state index in [4.69, 9.17) is 11.6 Å². The summed E-state index contributed by atoms with van der Waals surface area (Å²) in [7, 11) is 0. The Labute approximate surface area is 163 Å². The van der Waals surface area contributed by atoms with Gasteiger partial charge in [0.2, 0.25) is 0 Å². The molecule has 0 fully saturated rings. The molecule has 0 aliphatic rings. The van der Waals surface area contributed by atoms with E-state index in [0.29, 0.717) is 17.2 Å². The van der Waals surface area contributed by atoms with Crippen molar-refractivity contribution in [2.45, 2.75) is 46.5 Å². The molecule has 6 nitrogen and oxygen atoms in total. The van der Waals surface area contributed by atoms with Crippen LogP contribution in [-0.2, 0) is 0 Å². The summed E-state index contributed by atoms with van der Waals surface area (Å²) in [6.45, 7) is 7.25. The fourth-order valence-corrected chi connectivity index (χ4v) is 3.22. The van der Waals surface area contributed by atoms with Crippen LogP contribution in [0.1, 0.15) is 54.9 Å². The minimum Gasteiger partial charge on any atom is -0.867 e. The molecule has 0 spiro atoms. The molecule has 0 aromatic heterocycles. The fraction of sp³-hybridized carbons (Fsp3) is 0.350. The number of nitro groups is 1. The van der Waals surface area contributed by atoms with Crippen molar-refractivity contribution in [3.63, 3.8) is 0 Å². The molecule has 0 amide bonds. The van der Waals surface area contributed by atoms with E-state index >= 15 is 0 Å². The Kier molecular flexibility index (Phi) is 6.44. The van der Waals surface area contributed by atoms with E-state index < -0.39 is 16.4 Å². The summed E-state index contributed by atoms with van der Waals surface area (Å²) in [5, 5.41) is 34.0. The van der Waals surface area contributed by atoms with Gasteiger partial charge in [-0.15, -0.1) is 0 Å². The maximum absolute atomic E-state index is 12.5. The third-order valence-corrected chi connectivity index (χ3v) is 5.25. The maximum Gasteiger partial charge on any atom is 0.266 e. The van der Waals surface area contributed by atoms with Gasteiger partial charge in [0.05, 0.1) is 9.95 Å². The number of nitrogens with zero attached hydrogens (tertiary/aromatic N) is 2. The van der Waals surface area contributed by atoms with E-state index in [1.165, 1.54) is 13.1 Å². The highest BCUT2D eigenvalue weighted by Crippen LogP contribution is 2.39. The predicted octanol–water partition coefficient (Wildman–Crippen LogP) is 5.30. The summed E-state index contributed by atoms with van der Waals surface area (Å²) in [6, 6.07) is 5.16. The molecule has 1 N–H and O–H groups in total. The number of nitro benzene ring substituents is 1. The van der Waals surface area contributed by atoms with Crippen molar-refractivity contribution in [2.24, 2.45) is 4.99 Å². The second-order valence-corrected chi connectivity index (χ2v) is 6.99. The van der Waals surface area contributed by atoms with E-state index in [0.717, 1.165) is 18.4 Å². The maximum atomic E-state index is 12.5. The lowest BCUT2D eigenvalue weighted by Gasteiger charge is -2.17. The average Bonchev–Trinajstić information content (AvgIpc) is 2.61. The Morgan fingerprint density at radius 3 is 2.59 bits per heavy atom. The van der Waals surface area contributed by atoms with Crippen molar-refractivity contribution in [1.29, 1.82) is 0 Å². The molecule has 0 radical (unpaired) electrons. The zero-order valence-corrected chi connectivity index (χ0v) is 16.5. The van der Waals surface area contributed by atoms with Crippen LogP contribution >= 0.6 is 11.6 Å². The van der Waals surface area contributed by atoms with Gasteiger partial charge in [0, 0.05) is 11.8 Å². The van der Waals surface area contributed by atoms with Crippen LogP contribution in [0.2, 0.25) is 5.02 Å². The lowest BCUT2D eigenvalue weighted by atomic mass is 9.96. The number of rotatable bonds is 6. The van der Waals surface area contributed by atoms with Gasteiger partial charge in [-0.1, -0.05) is 37.9 Å². The highest BCUT2D eigenvalue weighted by Gasteiger charge is 2.20. The first kappa shape index (κ1) is 20.7. The monoisotopic (exact) mass is 389 g/mol. The van der Waals surface area contributed by atoms with E-state index in [1.807, 2.05) is 6.07 Å². The first-order chi connectivity index (χ1) is 12.7. The quantitative estimate of drug-likeness (QED) is 0.411. The molecule has 0 heterocycles. The van der Waals surface area contributed by atoms with Crippen LogP contribution in [0.4, 0.5) is 11.4 Å². The standard InChI is InChI=1S/C20H23ClN2O4/c1-5-6-11(2)14-7-8-17(24)16(9-14)22-10-15-12(3)18(21)13(4)19(20(15)25)23(26)27/h7-11,24-25H,5-6H2,1-4H3/p-1/t11-/m1/s1. The Morgan fingerprint density at radius 2 is 2.00 bits per heavy atom. The van der Waals surface area contributed by atoms with Crippen LogP contribution in [-0.4, -0.2) is 16.2 Å². The van der Waals surface area contributed by atoms with Gasteiger partial charge in [-0.25, -0.2) is 0 Å². The van der Waals surface area contributed by atoms with Gasteiger partial charge < -0.3 is 10.2 Å². The Morgan fingerprint density at radius 1 is 1.33 bits per heavy atom. The van der Waals surface area contributed by atoms with E-state index in [1.54, 1.807) is 19.1 Å². The van der Waals surface area contributed by atoms with Gasteiger partial charge in [0.25, 0.3) is 5.69 Å². The SMILES string of the molecule is CCC[C@@H](C)c1ccc(O)c(N=Cc2c(C)c(Cl)c(C)c([N+](=O)[O-])c2[O-])c1. The van der Waals surface area contributed by atoms with Crippen LogP contribution in [0.5, 0.6) is 11.5 Å². The van der Waals surface area contributed by atoms with Gasteiger partial charge in [-0.3, -0.25) is 15.1 Å². The molecular weight excluding hydrogens is 368 g/mol. The van der Waals surface area contributed by atoms with Crippen LogP contribution in [0.3, 0.4) is 0 Å². The average molecular weight is 390 g/mol. The normalized spacial score (nSPS) is 12.5. The number of hydrogen-bond acceptors (Lipinski definition) is 5. The molecule has 0 unspecified atom stereocenters. The topological polar surface area (TPSA) is 98.8 Å². The minimum absolute atomic E-state index is 0.0310. The minimum atomic E-state index is -0.738. The van der Waals surface area contributed by atoms with Crippen molar-refractivity contribution in [2.75, 3.05) is 0 Å². The molecule has 7 heteroatoms. The van der Waals surface area contributed by atoms with Crippen molar-refractivity contribution in [3.8, 4) is 11.5 Å². The molecule has 144 valence electrons. The molecule has 0 bridgehead atoms. The third kappa shape index (κ3) is 4.22. The number of benzene rings is 2. The summed E-state index contributed by atoms with van der Waals surface area (Å²) in [5.74, 6) is -0.467. The molecule has 2 aromatic rings. The summed E-state index contributed by atoms with van der Waals surface area (Å²) in [5.41, 5.74) is 1.37. The first-order valence-corrected chi connectivity index (χ1v) is 9.07. The highest BCUT2D eigenvalue weighted by atomic mass is 35.5. The lowest BCUT2D eigenvalue weighted by molar-refractivity contribution is -0.398. The van der Waals surface area contributed by atoms with Gasteiger partial charge in [0.15, 0.2) is 0 Å². The number of phenols is 1. The van der Waals surface area contributed by atoms with Crippen LogP contribution < -0.4 is 5.11 Å². The zero-order valence-electron chi connectivity index (χ0n) is 15.7.